The van der Waals surface area contributed by atoms with Gasteiger partial charge >= 0.3 is 0 Å². The van der Waals surface area contributed by atoms with Crippen molar-refractivity contribution >= 4 is 5.97 Å². The van der Waals surface area contributed by atoms with Gasteiger partial charge in [-0.2, -0.15) is 0 Å². The maximum atomic E-state index is 9.00. The zero-order chi connectivity index (χ0) is 12.6. The van der Waals surface area contributed by atoms with E-state index in [1.165, 1.54) is 0 Å². The van der Waals surface area contributed by atoms with Crippen LogP contribution in [-0.2, 0) is 23.7 Å². The van der Waals surface area contributed by atoms with Crippen molar-refractivity contribution < 1.29 is 28.8 Å². The summed E-state index contributed by atoms with van der Waals surface area (Å²) in [6, 6.07) is 0. The van der Waals surface area contributed by atoms with Crippen LogP contribution in [0.2, 0.25) is 0 Å². The third kappa shape index (κ3) is 29.2. The first kappa shape index (κ1) is 17.7. The molecule has 6 heteroatoms. The van der Waals surface area contributed by atoms with Crippen LogP contribution in [0.15, 0.2) is 0 Å². The molecule has 0 aliphatic heterocycles. The second-order valence-corrected chi connectivity index (χ2v) is 2.73. The van der Waals surface area contributed by atoms with Crippen LogP contribution in [0.25, 0.3) is 0 Å². The molecule has 98 valence electrons. The maximum Gasteiger partial charge on any atom is 0.300 e. The summed E-state index contributed by atoms with van der Waals surface area (Å²) in [6.45, 7) is 4.85. The van der Waals surface area contributed by atoms with E-state index in [1.807, 2.05) is 0 Å². The van der Waals surface area contributed by atoms with Crippen LogP contribution in [0.5, 0.6) is 0 Å². The molecule has 0 aromatic heterocycles. The molecule has 0 aliphatic carbocycles. The van der Waals surface area contributed by atoms with Crippen molar-refractivity contribution in [1.29, 1.82) is 0 Å². The summed E-state index contributed by atoms with van der Waals surface area (Å²) in [6.07, 6.45) is 0. The van der Waals surface area contributed by atoms with Crippen molar-refractivity contribution in [3.05, 3.63) is 0 Å². The molecule has 16 heavy (non-hydrogen) atoms. The number of hydrogen-bond donors (Lipinski definition) is 1. The van der Waals surface area contributed by atoms with Gasteiger partial charge in [0.25, 0.3) is 5.97 Å². The smallest absolute Gasteiger partial charge is 0.300 e. The van der Waals surface area contributed by atoms with Crippen molar-refractivity contribution in [2.45, 2.75) is 6.92 Å². The van der Waals surface area contributed by atoms with Crippen LogP contribution in [0.3, 0.4) is 0 Å². The number of carboxylic acids is 1. The van der Waals surface area contributed by atoms with Gasteiger partial charge in [-0.3, -0.25) is 4.79 Å². The lowest BCUT2D eigenvalue weighted by atomic mass is 10.7. The number of ether oxygens (including phenoxy) is 4. The Balaban J connectivity index is 0. The Labute approximate surface area is 96.4 Å². The maximum absolute atomic E-state index is 9.00. The summed E-state index contributed by atoms with van der Waals surface area (Å²) in [4.78, 5) is 9.00. The molecule has 0 aromatic rings. The first-order valence-electron chi connectivity index (χ1n) is 4.98. The Hall–Kier alpha value is -0.690. The number of carboxylic acid groups (broad SMARTS) is 1. The minimum atomic E-state index is -0.833. The lowest BCUT2D eigenvalue weighted by molar-refractivity contribution is -0.134. The molecule has 0 fully saturated rings. The zero-order valence-corrected chi connectivity index (χ0v) is 10.2. The molecular weight excluding hydrogens is 216 g/mol. The van der Waals surface area contributed by atoms with E-state index in [0.717, 1.165) is 6.92 Å². The number of carbonyl (C=O) groups is 1. The fourth-order valence-electron chi connectivity index (χ4n) is 0.606. The van der Waals surface area contributed by atoms with E-state index in [2.05, 4.69) is 0 Å². The molecule has 0 unspecified atom stereocenters. The highest BCUT2D eigenvalue weighted by atomic mass is 16.5. The van der Waals surface area contributed by atoms with Gasteiger partial charge in [0.2, 0.25) is 0 Å². The first-order valence-corrected chi connectivity index (χ1v) is 4.98. The lowest BCUT2D eigenvalue weighted by Gasteiger charge is -2.04. The van der Waals surface area contributed by atoms with E-state index >= 15 is 0 Å². The van der Waals surface area contributed by atoms with E-state index in [1.54, 1.807) is 14.2 Å². The predicted molar refractivity (Wildman–Crippen MR) is 58.7 cm³/mol. The largest absolute Gasteiger partial charge is 0.481 e. The van der Waals surface area contributed by atoms with Crippen LogP contribution >= 0.6 is 0 Å². The second kappa shape index (κ2) is 16.7. The summed E-state index contributed by atoms with van der Waals surface area (Å²) < 4.78 is 19.9. The molecule has 0 bridgehead atoms. The predicted octanol–water partition coefficient (Wildman–Crippen LogP) is 0.403. The highest BCUT2D eigenvalue weighted by Gasteiger charge is 1.88. The van der Waals surface area contributed by atoms with Gasteiger partial charge in [0.15, 0.2) is 0 Å². The van der Waals surface area contributed by atoms with Gasteiger partial charge < -0.3 is 24.1 Å². The number of aliphatic carboxylic acids is 1. The summed E-state index contributed by atoms with van der Waals surface area (Å²) in [5.74, 6) is -0.833. The summed E-state index contributed by atoms with van der Waals surface area (Å²) in [5, 5.41) is 7.42. The third-order valence-electron chi connectivity index (χ3n) is 1.24. The molecule has 0 spiro atoms. The molecule has 0 aromatic carbocycles. The Morgan fingerprint density at radius 1 is 0.875 bits per heavy atom. The van der Waals surface area contributed by atoms with E-state index in [9.17, 15) is 0 Å². The fraction of sp³-hybridized carbons (Fsp3) is 0.900. The van der Waals surface area contributed by atoms with Crippen LogP contribution in [0, 0.1) is 0 Å². The average Bonchev–Trinajstić information content (AvgIpc) is 2.21. The molecule has 0 heterocycles. The molecule has 0 saturated carbocycles. The van der Waals surface area contributed by atoms with Gasteiger partial charge in [-0.15, -0.1) is 0 Å². The Morgan fingerprint density at radius 2 is 1.12 bits per heavy atom. The number of hydrogen-bond acceptors (Lipinski definition) is 5. The topological polar surface area (TPSA) is 74.2 Å². The van der Waals surface area contributed by atoms with Crippen molar-refractivity contribution in [3.63, 3.8) is 0 Å². The standard InChI is InChI=1S/C8H18O4.C2H4O2/c1-9-3-5-11-7-8-12-6-4-10-2;1-2(3)4/h3-8H2,1-2H3;1H3,(H,3,4). The minimum absolute atomic E-state index is 0.618. The monoisotopic (exact) mass is 238 g/mol. The van der Waals surface area contributed by atoms with Crippen molar-refractivity contribution in [2.75, 3.05) is 53.9 Å². The van der Waals surface area contributed by atoms with Gasteiger partial charge in [-0.05, 0) is 0 Å². The SMILES string of the molecule is CC(=O)O.COCCOCCOCCOC. The van der Waals surface area contributed by atoms with Gasteiger partial charge in [-0.1, -0.05) is 0 Å². The van der Waals surface area contributed by atoms with Gasteiger partial charge in [-0.25, -0.2) is 0 Å². The number of methoxy groups -OCH3 is 2. The second-order valence-electron chi connectivity index (χ2n) is 2.73. The molecular formula is C10H22O6. The van der Waals surface area contributed by atoms with Crippen LogP contribution in [0.1, 0.15) is 6.92 Å². The highest BCUT2D eigenvalue weighted by molar-refractivity contribution is 5.62. The molecule has 1 N–H and O–H groups in total. The van der Waals surface area contributed by atoms with Gasteiger partial charge in [0.1, 0.15) is 0 Å². The van der Waals surface area contributed by atoms with Crippen LogP contribution in [-0.4, -0.2) is 64.9 Å². The van der Waals surface area contributed by atoms with Gasteiger partial charge in [0, 0.05) is 21.1 Å². The fourth-order valence-corrected chi connectivity index (χ4v) is 0.606. The Bertz CT molecular complexity index is 125. The van der Waals surface area contributed by atoms with E-state index < -0.39 is 5.97 Å². The molecule has 0 aliphatic rings. The van der Waals surface area contributed by atoms with Crippen LogP contribution in [0.4, 0.5) is 0 Å². The summed E-state index contributed by atoms with van der Waals surface area (Å²) in [5.41, 5.74) is 0. The van der Waals surface area contributed by atoms with Crippen molar-refractivity contribution in [1.82, 2.24) is 0 Å². The third-order valence-corrected chi connectivity index (χ3v) is 1.24. The van der Waals surface area contributed by atoms with Crippen molar-refractivity contribution in [3.8, 4) is 0 Å². The molecule has 6 nitrogen and oxygen atoms in total. The van der Waals surface area contributed by atoms with Crippen LogP contribution < -0.4 is 0 Å². The van der Waals surface area contributed by atoms with E-state index in [4.69, 9.17) is 28.8 Å². The lowest BCUT2D eigenvalue weighted by Crippen LogP contribution is -2.10. The molecule has 0 radical (unpaired) electrons. The molecule has 0 rings (SSSR count). The summed E-state index contributed by atoms with van der Waals surface area (Å²) >= 11 is 0. The zero-order valence-electron chi connectivity index (χ0n) is 10.2. The Morgan fingerprint density at radius 3 is 1.38 bits per heavy atom. The Kier molecular flexibility index (Phi) is 18.5. The number of rotatable bonds is 9. The molecule has 0 amide bonds. The van der Waals surface area contributed by atoms with Gasteiger partial charge in [0.05, 0.1) is 39.6 Å². The highest BCUT2D eigenvalue weighted by Crippen LogP contribution is 1.79. The summed E-state index contributed by atoms with van der Waals surface area (Å²) in [7, 11) is 3.30. The molecule has 0 atom stereocenters. The normalized spacial score (nSPS) is 9.44. The van der Waals surface area contributed by atoms with Crippen molar-refractivity contribution in [2.24, 2.45) is 0 Å². The quantitative estimate of drug-likeness (QED) is 0.586. The molecule has 0 saturated heterocycles. The minimum Gasteiger partial charge on any atom is -0.481 e. The van der Waals surface area contributed by atoms with E-state index in [0.29, 0.717) is 39.6 Å². The van der Waals surface area contributed by atoms with E-state index in [-0.39, 0.29) is 0 Å². The average molecular weight is 238 g/mol. The first-order chi connectivity index (χ1) is 7.65.